The number of aryl methyl sites for hydroxylation is 2. The summed E-state index contributed by atoms with van der Waals surface area (Å²) in [5.74, 6) is 1.10. The highest BCUT2D eigenvalue weighted by Crippen LogP contribution is 2.05. The van der Waals surface area contributed by atoms with Gasteiger partial charge in [0.25, 0.3) is 0 Å². The lowest BCUT2D eigenvalue weighted by Crippen LogP contribution is -2.13. The summed E-state index contributed by atoms with van der Waals surface area (Å²) in [6.07, 6.45) is 4.14. The van der Waals surface area contributed by atoms with Crippen LogP contribution in [0.3, 0.4) is 0 Å². The standard InChI is InChI=1S/C12H13N3O2/c1-9-14-10(8-17-9)5-6-12(16)15-11-4-2-3-7-13-11/h2-4,7-8H,5-6H2,1H3,(H,13,15,16). The van der Waals surface area contributed by atoms with Crippen LogP contribution in [-0.2, 0) is 11.2 Å². The minimum Gasteiger partial charge on any atom is -0.449 e. The van der Waals surface area contributed by atoms with Crippen LogP contribution in [0.4, 0.5) is 5.82 Å². The van der Waals surface area contributed by atoms with E-state index in [-0.39, 0.29) is 5.91 Å². The zero-order chi connectivity index (χ0) is 12.1. The first-order chi connectivity index (χ1) is 8.24. The quantitative estimate of drug-likeness (QED) is 0.873. The summed E-state index contributed by atoms with van der Waals surface area (Å²) in [6.45, 7) is 1.78. The summed E-state index contributed by atoms with van der Waals surface area (Å²) >= 11 is 0. The van der Waals surface area contributed by atoms with Crippen molar-refractivity contribution in [3.63, 3.8) is 0 Å². The van der Waals surface area contributed by atoms with Gasteiger partial charge in [0.05, 0.1) is 5.69 Å². The molecular formula is C12H13N3O2. The van der Waals surface area contributed by atoms with E-state index < -0.39 is 0 Å². The van der Waals surface area contributed by atoms with Crippen LogP contribution in [0.1, 0.15) is 18.0 Å². The molecule has 2 heterocycles. The molecule has 88 valence electrons. The number of oxazole rings is 1. The summed E-state index contributed by atoms with van der Waals surface area (Å²) in [4.78, 5) is 19.7. The number of pyridine rings is 1. The van der Waals surface area contributed by atoms with Crippen molar-refractivity contribution in [2.45, 2.75) is 19.8 Å². The van der Waals surface area contributed by atoms with E-state index in [0.717, 1.165) is 5.69 Å². The normalized spacial score (nSPS) is 10.2. The Hall–Kier alpha value is -2.17. The van der Waals surface area contributed by atoms with Crippen LogP contribution in [0.15, 0.2) is 35.1 Å². The molecule has 0 saturated heterocycles. The Kier molecular flexibility index (Phi) is 3.49. The zero-order valence-electron chi connectivity index (χ0n) is 9.51. The minimum atomic E-state index is -0.0793. The van der Waals surface area contributed by atoms with Gasteiger partial charge in [0.2, 0.25) is 5.91 Å². The third-order valence-corrected chi connectivity index (χ3v) is 2.21. The molecule has 5 nitrogen and oxygen atoms in total. The third kappa shape index (κ3) is 3.41. The van der Waals surface area contributed by atoms with Crippen molar-refractivity contribution in [1.82, 2.24) is 9.97 Å². The molecule has 0 aliphatic heterocycles. The number of hydrogen-bond donors (Lipinski definition) is 1. The van der Waals surface area contributed by atoms with Crippen LogP contribution in [0.25, 0.3) is 0 Å². The average Bonchev–Trinajstić information content (AvgIpc) is 2.74. The van der Waals surface area contributed by atoms with Crippen molar-refractivity contribution in [2.75, 3.05) is 5.32 Å². The van der Waals surface area contributed by atoms with Gasteiger partial charge in [-0.15, -0.1) is 0 Å². The molecule has 0 spiro atoms. The zero-order valence-corrected chi connectivity index (χ0v) is 9.51. The van der Waals surface area contributed by atoms with Gasteiger partial charge in [-0.2, -0.15) is 0 Å². The summed E-state index contributed by atoms with van der Waals surface area (Å²) in [7, 11) is 0. The predicted octanol–water partition coefficient (Wildman–Crippen LogP) is 1.95. The molecule has 2 rings (SSSR count). The van der Waals surface area contributed by atoms with Gasteiger partial charge in [-0.3, -0.25) is 4.79 Å². The molecular weight excluding hydrogens is 218 g/mol. The van der Waals surface area contributed by atoms with E-state index in [9.17, 15) is 4.79 Å². The second-order valence-electron chi connectivity index (χ2n) is 3.62. The maximum atomic E-state index is 11.6. The van der Waals surface area contributed by atoms with Gasteiger partial charge in [-0.1, -0.05) is 6.07 Å². The van der Waals surface area contributed by atoms with Crippen LogP contribution < -0.4 is 5.32 Å². The van der Waals surface area contributed by atoms with Crippen molar-refractivity contribution >= 4 is 11.7 Å². The highest BCUT2D eigenvalue weighted by Gasteiger charge is 2.06. The van der Waals surface area contributed by atoms with Crippen molar-refractivity contribution < 1.29 is 9.21 Å². The molecule has 0 aromatic carbocycles. The first-order valence-corrected chi connectivity index (χ1v) is 5.36. The van der Waals surface area contributed by atoms with Gasteiger partial charge in [-0.25, -0.2) is 9.97 Å². The van der Waals surface area contributed by atoms with Crippen LogP contribution in [-0.4, -0.2) is 15.9 Å². The number of nitrogens with one attached hydrogen (secondary N) is 1. The summed E-state index contributed by atoms with van der Waals surface area (Å²) in [5, 5.41) is 2.71. The Morgan fingerprint density at radius 3 is 3.00 bits per heavy atom. The molecule has 17 heavy (non-hydrogen) atoms. The fourth-order valence-corrected chi connectivity index (χ4v) is 1.41. The predicted molar refractivity (Wildman–Crippen MR) is 62.4 cm³/mol. The third-order valence-electron chi connectivity index (χ3n) is 2.21. The van der Waals surface area contributed by atoms with Gasteiger partial charge >= 0.3 is 0 Å². The van der Waals surface area contributed by atoms with Crippen molar-refractivity contribution in [1.29, 1.82) is 0 Å². The van der Waals surface area contributed by atoms with E-state index in [2.05, 4.69) is 15.3 Å². The number of carbonyl (C=O) groups excluding carboxylic acids is 1. The van der Waals surface area contributed by atoms with E-state index in [1.165, 1.54) is 0 Å². The van der Waals surface area contributed by atoms with Crippen molar-refractivity contribution in [2.24, 2.45) is 0 Å². The molecule has 1 amide bonds. The summed E-state index contributed by atoms with van der Waals surface area (Å²) in [5.41, 5.74) is 0.790. The van der Waals surface area contributed by atoms with Crippen LogP contribution >= 0.6 is 0 Å². The van der Waals surface area contributed by atoms with Crippen LogP contribution in [0.5, 0.6) is 0 Å². The van der Waals surface area contributed by atoms with E-state index in [1.54, 1.807) is 31.5 Å². The Labute approximate surface area is 98.9 Å². The smallest absolute Gasteiger partial charge is 0.225 e. The van der Waals surface area contributed by atoms with E-state index in [4.69, 9.17) is 4.42 Å². The molecule has 0 aliphatic rings. The molecule has 0 bridgehead atoms. The molecule has 2 aromatic rings. The molecule has 0 aliphatic carbocycles. The number of rotatable bonds is 4. The lowest BCUT2D eigenvalue weighted by atomic mass is 10.2. The first kappa shape index (κ1) is 11.3. The summed E-state index contributed by atoms with van der Waals surface area (Å²) < 4.78 is 5.06. The average molecular weight is 231 g/mol. The SMILES string of the molecule is Cc1nc(CCC(=O)Nc2ccccn2)co1. The van der Waals surface area contributed by atoms with Gasteiger partial charge in [-0.05, 0) is 12.1 Å². The topological polar surface area (TPSA) is 68.0 Å². The highest BCUT2D eigenvalue weighted by molar-refractivity contribution is 5.89. The molecule has 0 radical (unpaired) electrons. The molecule has 1 N–H and O–H groups in total. The number of aromatic nitrogens is 2. The van der Waals surface area contributed by atoms with E-state index >= 15 is 0 Å². The number of amides is 1. The molecule has 2 aromatic heterocycles. The minimum absolute atomic E-state index is 0.0793. The summed E-state index contributed by atoms with van der Waals surface area (Å²) in [6, 6.07) is 5.37. The number of carbonyl (C=O) groups is 1. The first-order valence-electron chi connectivity index (χ1n) is 5.36. The van der Waals surface area contributed by atoms with Gasteiger partial charge in [0.1, 0.15) is 12.1 Å². The Morgan fingerprint density at radius 2 is 2.35 bits per heavy atom. The monoisotopic (exact) mass is 231 g/mol. The molecule has 0 unspecified atom stereocenters. The number of anilines is 1. The Balaban J connectivity index is 1.82. The molecule has 0 fully saturated rings. The second kappa shape index (κ2) is 5.25. The van der Waals surface area contributed by atoms with Gasteiger partial charge in [0, 0.05) is 26.0 Å². The lowest BCUT2D eigenvalue weighted by Gasteiger charge is -2.02. The maximum absolute atomic E-state index is 11.6. The second-order valence-corrected chi connectivity index (χ2v) is 3.62. The van der Waals surface area contributed by atoms with Gasteiger partial charge < -0.3 is 9.73 Å². The van der Waals surface area contributed by atoms with Gasteiger partial charge in [0.15, 0.2) is 5.89 Å². The van der Waals surface area contributed by atoms with E-state index in [1.807, 2.05) is 6.07 Å². The fourth-order valence-electron chi connectivity index (χ4n) is 1.41. The molecule has 5 heteroatoms. The van der Waals surface area contributed by atoms with Crippen molar-refractivity contribution in [3.8, 4) is 0 Å². The Bertz CT molecular complexity index is 493. The lowest BCUT2D eigenvalue weighted by molar-refractivity contribution is -0.116. The van der Waals surface area contributed by atoms with Crippen LogP contribution in [0, 0.1) is 6.92 Å². The maximum Gasteiger partial charge on any atom is 0.225 e. The van der Waals surface area contributed by atoms with Crippen LogP contribution in [0.2, 0.25) is 0 Å². The van der Waals surface area contributed by atoms with Crippen molar-refractivity contribution in [3.05, 3.63) is 42.2 Å². The number of hydrogen-bond acceptors (Lipinski definition) is 4. The highest BCUT2D eigenvalue weighted by atomic mass is 16.3. The molecule has 0 saturated carbocycles. The Morgan fingerprint density at radius 1 is 1.47 bits per heavy atom. The fraction of sp³-hybridized carbons (Fsp3) is 0.250. The molecule has 0 atom stereocenters. The number of nitrogens with zero attached hydrogens (tertiary/aromatic N) is 2. The largest absolute Gasteiger partial charge is 0.449 e. The van der Waals surface area contributed by atoms with E-state index in [0.29, 0.717) is 24.6 Å².